The molecular weight excluding hydrogens is 925 g/mol. The van der Waals surface area contributed by atoms with Crippen molar-refractivity contribution in [2.75, 3.05) is 13.2 Å². The van der Waals surface area contributed by atoms with Crippen LogP contribution in [0.2, 0.25) is 0 Å². The highest BCUT2D eigenvalue weighted by atomic mass is 16.6. The molecule has 0 aliphatic heterocycles. The summed E-state index contributed by atoms with van der Waals surface area (Å²) < 4.78 is 16.9. The summed E-state index contributed by atoms with van der Waals surface area (Å²) in [6.07, 6.45) is 86.2. The van der Waals surface area contributed by atoms with E-state index in [9.17, 15) is 14.4 Å². The minimum atomic E-state index is -0.798. The monoisotopic (exact) mass is 1040 g/mol. The molecule has 0 aromatic carbocycles. The summed E-state index contributed by atoms with van der Waals surface area (Å²) in [4.78, 5) is 38.3. The third-order valence-corrected chi connectivity index (χ3v) is 12.9. The Morgan fingerprint density at radius 2 is 0.520 bits per heavy atom. The molecule has 0 aromatic heterocycles. The quantitative estimate of drug-likeness (QED) is 0.0261. The van der Waals surface area contributed by atoms with Crippen LogP contribution in [0.4, 0.5) is 0 Å². The summed E-state index contributed by atoms with van der Waals surface area (Å²) in [5.74, 6) is -0.927. The number of hydrogen-bond donors (Lipinski definition) is 0. The zero-order valence-corrected chi connectivity index (χ0v) is 48.8. The van der Waals surface area contributed by atoms with Crippen LogP contribution in [-0.2, 0) is 28.6 Å². The van der Waals surface area contributed by atoms with Gasteiger partial charge in [-0.25, -0.2) is 0 Å². The Balaban J connectivity index is 4.42. The van der Waals surface area contributed by atoms with Gasteiger partial charge in [0.25, 0.3) is 0 Å². The minimum absolute atomic E-state index is 0.0955. The maximum absolute atomic E-state index is 12.9. The van der Waals surface area contributed by atoms with Crippen molar-refractivity contribution in [3.63, 3.8) is 0 Å². The summed E-state index contributed by atoms with van der Waals surface area (Å²) in [5.41, 5.74) is 0. The van der Waals surface area contributed by atoms with Crippen LogP contribution in [0.3, 0.4) is 0 Å². The molecule has 0 aliphatic rings. The van der Waals surface area contributed by atoms with E-state index >= 15 is 0 Å². The van der Waals surface area contributed by atoms with Gasteiger partial charge >= 0.3 is 17.9 Å². The molecule has 1 unspecified atom stereocenters. The molecule has 0 aromatic rings. The van der Waals surface area contributed by atoms with Crippen molar-refractivity contribution in [2.45, 2.75) is 284 Å². The Bertz CT molecular complexity index is 1570. The predicted octanol–water partition coefficient (Wildman–Crippen LogP) is 21.2. The third-order valence-electron chi connectivity index (χ3n) is 12.9. The molecule has 6 nitrogen and oxygen atoms in total. The lowest BCUT2D eigenvalue weighted by atomic mass is 10.1. The normalized spacial score (nSPS) is 12.9. The van der Waals surface area contributed by atoms with Gasteiger partial charge < -0.3 is 14.2 Å². The Labute approximate surface area is 462 Å². The second kappa shape index (κ2) is 62.4. The lowest BCUT2D eigenvalue weighted by Gasteiger charge is -2.18. The third kappa shape index (κ3) is 60.6. The van der Waals surface area contributed by atoms with Crippen molar-refractivity contribution in [1.82, 2.24) is 0 Å². The van der Waals surface area contributed by atoms with Gasteiger partial charge in [0.15, 0.2) is 6.10 Å². The summed E-state index contributed by atoms with van der Waals surface area (Å²) in [6, 6.07) is 0. The molecule has 0 N–H and O–H groups in total. The average Bonchev–Trinajstić information content (AvgIpc) is 3.41. The largest absolute Gasteiger partial charge is 0.462 e. The van der Waals surface area contributed by atoms with E-state index in [4.69, 9.17) is 14.2 Å². The lowest BCUT2D eigenvalue weighted by Crippen LogP contribution is -2.30. The van der Waals surface area contributed by atoms with Gasteiger partial charge in [-0.05, 0) is 128 Å². The molecular formula is C69H114O6. The van der Waals surface area contributed by atoms with Crippen LogP contribution in [0, 0.1) is 0 Å². The molecule has 1 atom stereocenters. The van der Waals surface area contributed by atoms with Crippen molar-refractivity contribution in [3.05, 3.63) is 122 Å². The average molecular weight is 1040 g/mol. The molecule has 0 heterocycles. The van der Waals surface area contributed by atoms with Crippen molar-refractivity contribution >= 4 is 17.9 Å². The first kappa shape index (κ1) is 70.8. The fourth-order valence-corrected chi connectivity index (χ4v) is 8.34. The second-order valence-corrected chi connectivity index (χ2v) is 20.2. The minimum Gasteiger partial charge on any atom is -0.462 e. The van der Waals surface area contributed by atoms with E-state index in [0.717, 1.165) is 148 Å². The zero-order chi connectivity index (χ0) is 54.3. The van der Waals surface area contributed by atoms with Crippen molar-refractivity contribution in [3.8, 4) is 0 Å². The van der Waals surface area contributed by atoms with E-state index in [1.54, 1.807) is 0 Å². The number of carbonyl (C=O) groups is 3. The molecule has 75 heavy (non-hydrogen) atoms. The molecule has 0 aliphatic carbocycles. The van der Waals surface area contributed by atoms with E-state index in [0.29, 0.717) is 19.3 Å². The van der Waals surface area contributed by atoms with Gasteiger partial charge in [0.1, 0.15) is 13.2 Å². The summed E-state index contributed by atoms with van der Waals surface area (Å²) >= 11 is 0. The van der Waals surface area contributed by atoms with Crippen molar-refractivity contribution < 1.29 is 28.6 Å². The maximum Gasteiger partial charge on any atom is 0.306 e. The van der Waals surface area contributed by atoms with E-state index in [1.807, 2.05) is 0 Å². The fourth-order valence-electron chi connectivity index (χ4n) is 8.34. The highest BCUT2D eigenvalue weighted by molar-refractivity contribution is 5.71. The number of ether oxygens (including phenoxy) is 3. The van der Waals surface area contributed by atoms with Crippen LogP contribution in [0.15, 0.2) is 122 Å². The second-order valence-electron chi connectivity index (χ2n) is 20.2. The predicted molar refractivity (Wildman–Crippen MR) is 325 cm³/mol. The standard InChI is InChI=1S/C69H114O6/c1-4-7-10-13-16-19-22-25-28-30-31-32-33-34-35-36-37-39-41-44-47-50-53-56-59-62-68(71)74-65-66(64-73-67(70)61-58-55-52-49-46-43-40-27-24-21-18-15-12-9-6-3)75-69(72)63-60-57-54-51-48-45-42-38-29-26-23-20-17-14-11-8-5-2/h7,9-10,12,16,18-19,21,25-29,31-32,34-35,37,39-40,66H,4-6,8,11,13-15,17,20,22-24,30,33,36,38,41-65H2,1-3H3/b10-7-,12-9-,19-16-,21-18-,28-25-,29-26-,32-31-,35-34-,39-37-,40-27-. The molecule has 0 spiro atoms. The number of esters is 3. The maximum atomic E-state index is 12.9. The van der Waals surface area contributed by atoms with Gasteiger partial charge in [0, 0.05) is 19.3 Å². The highest BCUT2D eigenvalue weighted by Crippen LogP contribution is 2.15. The Hall–Kier alpha value is -4.19. The molecule has 0 bridgehead atoms. The van der Waals surface area contributed by atoms with Crippen LogP contribution >= 0.6 is 0 Å². The topological polar surface area (TPSA) is 78.9 Å². The molecule has 0 saturated heterocycles. The molecule has 6 heteroatoms. The van der Waals surface area contributed by atoms with Gasteiger partial charge in [-0.15, -0.1) is 0 Å². The molecule has 0 rings (SSSR count). The molecule has 0 radical (unpaired) electrons. The first-order chi connectivity index (χ1) is 37.0. The van der Waals surface area contributed by atoms with Gasteiger partial charge in [-0.1, -0.05) is 251 Å². The van der Waals surface area contributed by atoms with Gasteiger partial charge in [-0.3, -0.25) is 14.4 Å². The van der Waals surface area contributed by atoms with Gasteiger partial charge in [-0.2, -0.15) is 0 Å². The van der Waals surface area contributed by atoms with Crippen molar-refractivity contribution in [2.24, 2.45) is 0 Å². The first-order valence-electron chi connectivity index (χ1n) is 31.0. The summed E-state index contributed by atoms with van der Waals surface area (Å²) in [6.45, 7) is 6.39. The number of hydrogen-bond acceptors (Lipinski definition) is 6. The van der Waals surface area contributed by atoms with E-state index in [-0.39, 0.29) is 31.1 Å². The molecule has 0 amide bonds. The lowest BCUT2D eigenvalue weighted by molar-refractivity contribution is -0.167. The Morgan fingerprint density at radius 3 is 0.827 bits per heavy atom. The summed E-state index contributed by atoms with van der Waals surface area (Å²) in [5, 5.41) is 0. The SMILES string of the molecule is CC/C=C\C/C=C\C/C=C\C/C=C\C/C=C\C/C=C\CCCCCCCCC(=O)OCC(COC(=O)CCCCCCC/C=C\C/C=C\C/C=C\CC)OC(=O)CCCCCCCCC/C=C\CCCCCCCC. The molecule has 0 fully saturated rings. The van der Waals surface area contributed by atoms with Gasteiger partial charge in [0.2, 0.25) is 0 Å². The van der Waals surface area contributed by atoms with E-state index < -0.39 is 6.10 Å². The van der Waals surface area contributed by atoms with Crippen molar-refractivity contribution in [1.29, 1.82) is 0 Å². The number of allylic oxidation sites excluding steroid dienone is 20. The number of carbonyl (C=O) groups excluding carboxylic acids is 3. The van der Waals surface area contributed by atoms with Crippen LogP contribution in [-0.4, -0.2) is 37.2 Å². The van der Waals surface area contributed by atoms with Crippen LogP contribution in [0.5, 0.6) is 0 Å². The highest BCUT2D eigenvalue weighted by Gasteiger charge is 2.19. The fraction of sp³-hybridized carbons (Fsp3) is 0.667. The smallest absolute Gasteiger partial charge is 0.306 e. The van der Waals surface area contributed by atoms with Crippen LogP contribution in [0.25, 0.3) is 0 Å². The molecule has 0 saturated carbocycles. The zero-order valence-electron chi connectivity index (χ0n) is 48.8. The number of unbranched alkanes of at least 4 members (excludes halogenated alkanes) is 24. The Kier molecular flexibility index (Phi) is 58.9. The van der Waals surface area contributed by atoms with E-state index in [2.05, 4.69) is 142 Å². The molecule has 426 valence electrons. The van der Waals surface area contributed by atoms with Crippen LogP contribution in [0.1, 0.15) is 278 Å². The summed E-state index contributed by atoms with van der Waals surface area (Å²) in [7, 11) is 0. The Morgan fingerprint density at radius 1 is 0.280 bits per heavy atom. The number of rotatable bonds is 55. The van der Waals surface area contributed by atoms with E-state index in [1.165, 1.54) is 89.9 Å². The first-order valence-corrected chi connectivity index (χ1v) is 31.0. The van der Waals surface area contributed by atoms with Gasteiger partial charge in [0.05, 0.1) is 0 Å². The van der Waals surface area contributed by atoms with Crippen LogP contribution < -0.4 is 0 Å².